The monoisotopic (exact) mass is 272 g/mol. The zero-order valence-corrected chi connectivity index (χ0v) is 11.4. The van der Waals surface area contributed by atoms with Crippen LogP contribution < -0.4 is 11.1 Å². The third-order valence-electron chi connectivity index (χ3n) is 3.20. The van der Waals surface area contributed by atoms with Crippen molar-refractivity contribution in [3.05, 3.63) is 42.1 Å². The number of amidine groups is 1. The van der Waals surface area contributed by atoms with Crippen LogP contribution in [-0.2, 0) is 6.42 Å². The Morgan fingerprint density at radius 2 is 2.10 bits per heavy atom. The number of oxime groups is 1. The summed E-state index contributed by atoms with van der Waals surface area (Å²) in [4.78, 5) is 4.44. The molecule has 0 aliphatic carbocycles. The van der Waals surface area contributed by atoms with Gasteiger partial charge in [-0.2, -0.15) is 0 Å². The summed E-state index contributed by atoms with van der Waals surface area (Å²) in [5, 5.41) is 15.9. The van der Waals surface area contributed by atoms with E-state index in [0.29, 0.717) is 6.42 Å². The van der Waals surface area contributed by atoms with E-state index in [2.05, 4.69) is 39.7 Å². The second-order valence-electron chi connectivity index (χ2n) is 4.69. The normalized spacial score (nSPS) is 11.9. The van der Waals surface area contributed by atoms with Gasteiger partial charge in [0.25, 0.3) is 0 Å². The zero-order valence-electron chi connectivity index (χ0n) is 11.4. The van der Waals surface area contributed by atoms with Crippen molar-refractivity contribution in [1.29, 1.82) is 0 Å². The lowest BCUT2D eigenvalue weighted by molar-refractivity contribution is 0.316. The van der Waals surface area contributed by atoms with Gasteiger partial charge in [-0.25, -0.2) is 0 Å². The van der Waals surface area contributed by atoms with Gasteiger partial charge >= 0.3 is 0 Å². The van der Waals surface area contributed by atoms with Crippen molar-refractivity contribution < 1.29 is 5.21 Å². The molecule has 106 valence electrons. The highest BCUT2D eigenvalue weighted by Gasteiger charge is 2.01. The molecule has 1 aromatic heterocycles. The first-order chi connectivity index (χ1) is 9.81. The summed E-state index contributed by atoms with van der Waals surface area (Å²) < 4.78 is 0. The third-order valence-corrected chi connectivity index (χ3v) is 3.20. The lowest BCUT2D eigenvalue weighted by Gasteiger charge is -2.07. The van der Waals surface area contributed by atoms with E-state index in [0.717, 1.165) is 31.4 Å². The second kappa shape index (κ2) is 7.45. The fourth-order valence-electron chi connectivity index (χ4n) is 2.16. The number of nitrogens with zero attached hydrogens (tertiary/aromatic N) is 2. The SMILES string of the molecule is N/C(CCCNCCc1cccc2cccnc12)=N/O. The molecule has 1 heterocycles. The first kappa shape index (κ1) is 14.3. The predicted octanol–water partition coefficient (Wildman–Crippen LogP) is 1.89. The van der Waals surface area contributed by atoms with Gasteiger partial charge < -0.3 is 16.3 Å². The van der Waals surface area contributed by atoms with Crippen molar-refractivity contribution in [2.45, 2.75) is 19.3 Å². The van der Waals surface area contributed by atoms with Gasteiger partial charge in [-0.15, -0.1) is 0 Å². The van der Waals surface area contributed by atoms with E-state index in [1.165, 1.54) is 10.9 Å². The third kappa shape index (κ3) is 3.93. The number of para-hydroxylation sites is 1. The maximum Gasteiger partial charge on any atom is 0.139 e. The van der Waals surface area contributed by atoms with Gasteiger partial charge in [-0.05, 0) is 37.6 Å². The molecule has 0 spiro atoms. The Hall–Kier alpha value is -2.14. The Labute approximate surface area is 118 Å². The molecule has 0 radical (unpaired) electrons. The molecule has 0 saturated carbocycles. The van der Waals surface area contributed by atoms with Crippen LogP contribution in [-0.4, -0.2) is 29.1 Å². The summed E-state index contributed by atoms with van der Waals surface area (Å²) in [6, 6.07) is 10.3. The molecule has 0 saturated heterocycles. The van der Waals surface area contributed by atoms with Gasteiger partial charge in [0, 0.05) is 18.0 Å². The highest BCUT2D eigenvalue weighted by atomic mass is 16.4. The fourth-order valence-corrected chi connectivity index (χ4v) is 2.16. The minimum atomic E-state index is 0.282. The smallest absolute Gasteiger partial charge is 0.139 e. The van der Waals surface area contributed by atoms with E-state index in [9.17, 15) is 0 Å². The van der Waals surface area contributed by atoms with Crippen LogP contribution in [0.5, 0.6) is 0 Å². The van der Waals surface area contributed by atoms with Gasteiger partial charge in [0.05, 0.1) is 5.52 Å². The molecule has 0 atom stereocenters. The van der Waals surface area contributed by atoms with Crippen LogP contribution in [0.15, 0.2) is 41.7 Å². The summed E-state index contributed by atoms with van der Waals surface area (Å²) in [6.45, 7) is 1.75. The van der Waals surface area contributed by atoms with Crippen molar-refractivity contribution in [3.63, 3.8) is 0 Å². The van der Waals surface area contributed by atoms with Crippen molar-refractivity contribution in [1.82, 2.24) is 10.3 Å². The standard InChI is InChI=1S/C15H20N4O/c16-14(19-20)7-3-9-17-11-8-13-5-1-4-12-6-2-10-18-15(12)13/h1-2,4-6,10,17,20H,3,7-9,11H2,(H2,16,19). The minimum Gasteiger partial charge on any atom is -0.409 e. The molecule has 0 aliphatic rings. The molecule has 0 bridgehead atoms. The lowest BCUT2D eigenvalue weighted by Crippen LogP contribution is -2.21. The summed E-state index contributed by atoms with van der Waals surface area (Å²) >= 11 is 0. The molecule has 20 heavy (non-hydrogen) atoms. The lowest BCUT2D eigenvalue weighted by atomic mass is 10.1. The maximum atomic E-state index is 8.42. The molecule has 0 amide bonds. The van der Waals surface area contributed by atoms with Crippen LogP contribution in [0.2, 0.25) is 0 Å². The van der Waals surface area contributed by atoms with Gasteiger partial charge in [0.2, 0.25) is 0 Å². The number of rotatable bonds is 7. The topological polar surface area (TPSA) is 83.5 Å². The molecule has 0 unspecified atom stereocenters. The molecule has 4 N–H and O–H groups in total. The van der Waals surface area contributed by atoms with Crippen LogP contribution in [0.1, 0.15) is 18.4 Å². The molecule has 0 fully saturated rings. The van der Waals surface area contributed by atoms with E-state index in [-0.39, 0.29) is 5.84 Å². The number of aromatic nitrogens is 1. The second-order valence-corrected chi connectivity index (χ2v) is 4.69. The van der Waals surface area contributed by atoms with E-state index in [1.54, 1.807) is 0 Å². The maximum absolute atomic E-state index is 8.42. The van der Waals surface area contributed by atoms with Crippen molar-refractivity contribution in [2.24, 2.45) is 10.9 Å². The minimum absolute atomic E-state index is 0.282. The number of nitrogens with two attached hydrogens (primary N) is 1. The Morgan fingerprint density at radius 3 is 2.95 bits per heavy atom. The molecule has 5 heteroatoms. The fraction of sp³-hybridized carbons (Fsp3) is 0.333. The first-order valence-corrected chi connectivity index (χ1v) is 6.81. The number of hydrogen-bond acceptors (Lipinski definition) is 4. The van der Waals surface area contributed by atoms with Gasteiger partial charge in [0.15, 0.2) is 0 Å². The molecule has 5 nitrogen and oxygen atoms in total. The predicted molar refractivity (Wildman–Crippen MR) is 81.0 cm³/mol. The van der Waals surface area contributed by atoms with Gasteiger partial charge in [-0.3, -0.25) is 4.98 Å². The highest BCUT2D eigenvalue weighted by Crippen LogP contribution is 2.15. The average molecular weight is 272 g/mol. The molecular formula is C15H20N4O. The van der Waals surface area contributed by atoms with E-state index < -0.39 is 0 Å². The van der Waals surface area contributed by atoms with Crippen LogP contribution >= 0.6 is 0 Å². The van der Waals surface area contributed by atoms with E-state index >= 15 is 0 Å². The number of fused-ring (bicyclic) bond motifs is 1. The van der Waals surface area contributed by atoms with E-state index in [4.69, 9.17) is 10.9 Å². The van der Waals surface area contributed by atoms with Crippen molar-refractivity contribution in [3.8, 4) is 0 Å². The van der Waals surface area contributed by atoms with Gasteiger partial charge in [0.1, 0.15) is 5.84 Å². The molecule has 2 rings (SSSR count). The number of nitrogens with one attached hydrogen (secondary N) is 1. The summed E-state index contributed by atoms with van der Waals surface area (Å²) in [5.74, 6) is 0.282. The number of pyridine rings is 1. The van der Waals surface area contributed by atoms with Crippen molar-refractivity contribution >= 4 is 16.7 Å². The van der Waals surface area contributed by atoms with Crippen LogP contribution in [0, 0.1) is 0 Å². The largest absolute Gasteiger partial charge is 0.409 e. The Morgan fingerprint density at radius 1 is 1.25 bits per heavy atom. The molecule has 2 aromatic rings. The Balaban J connectivity index is 1.79. The quantitative estimate of drug-likeness (QED) is 0.236. The average Bonchev–Trinajstić information content (AvgIpc) is 2.50. The van der Waals surface area contributed by atoms with Crippen LogP contribution in [0.4, 0.5) is 0 Å². The highest BCUT2D eigenvalue weighted by molar-refractivity contribution is 5.81. The van der Waals surface area contributed by atoms with Crippen LogP contribution in [0.25, 0.3) is 10.9 Å². The zero-order chi connectivity index (χ0) is 14.2. The van der Waals surface area contributed by atoms with Crippen molar-refractivity contribution in [2.75, 3.05) is 13.1 Å². The summed E-state index contributed by atoms with van der Waals surface area (Å²) in [6.07, 6.45) is 4.25. The van der Waals surface area contributed by atoms with Gasteiger partial charge in [-0.1, -0.05) is 29.4 Å². The van der Waals surface area contributed by atoms with E-state index in [1.807, 2.05) is 12.3 Å². The Kier molecular flexibility index (Phi) is 5.32. The molecular weight excluding hydrogens is 252 g/mol. The van der Waals surface area contributed by atoms with Crippen LogP contribution in [0.3, 0.4) is 0 Å². The molecule has 1 aromatic carbocycles. The summed E-state index contributed by atoms with van der Waals surface area (Å²) in [7, 11) is 0. The Bertz CT molecular complexity index is 578. The number of hydrogen-bond donors (Lipinski definition) is 3. The molecule has 0 aliphatic heterocycles. The first-order valence-electron chi connectivity index (χ1n) is 6.81. The summed E-state index contributed by atoms with van der Waals surface area (Å²) in [5.41, 5.74) is 7.74. The number of benzene rings is 1.